The maximum Gasteiger partial charge on any atom is 0.229 e. The van der Waals surface area contributed by atoms with Gasteiger partial charge in [0.1, 0.15) is 71.6 Å². The highest BCUT2D eigenvalue weighted by Gasteiger charge is 2.47. The van der Waals surface area contributed by atoms with Crippen molar-refractivity contribution in [3.63, 3.8) is 0 Å². The van der Waals surface area contributed by atoms with Crippen LogP contribution < -0.4 is 9.47 Å². The number of aromatic hydroxyl groups is 3. The van der Waals surface area contributed by atoms with Gasteiger partial charge in [-0.25, -0.2) is 0 Å². The molecule has 0 aliphatic carbocycles. The lowest BCUT2D eigenvalue weighted by molar-refractivity contribution is -0.318. The van der Waals surface area contributed by atoms with E-state index in [9.17, 15) is 50.8 Å². The highest BCUT2D eigenvalue weighted by molar-refractivity contribution is 6.02. The molecule has 3 heterocycles. The number of aliphatic hydroxyl groups excluding tert-OH is 6. The van der Waals surface area contributed by atoms with Crippen molar-refractivity contribution in [1.82, 2.24) is 0 Å². The smallest absolute Gasteiger partial charge is 0.229 e. The second-order valence-corrected chi connectivity index (χ2v) is 10.4. The summed E-state index contributed by atoms with van der Waals surface area (Å²) in [5.41, 5.74) is 0.255. The number of hydrogen-bond acceptors (Lipinski definition) is 15. The first-order valence-corrected chi connectivity index (χ1v) is 13.1. The fourth-order valence-corrected chi connectivity index (χ4v) is 5.04. The molecule has 5 rings (SSSR count). The van der Waals surface area contributed by atoms with Gasteiger partial charge in [-0.1, -0.05) is 6.07 Å². The standard InChI is InChI=1S/C27H32O15/c1-9-20(32)22(34)24(36)26(39-9)38-8-18-21(33)23(35)25(37)27(42-18)40-11-5-14(30)19-15(31)7-16(41-17(19)6-11)10-2-3-12(28)13(29)4-10/h2-6,9,16,18,20-30,32-37H,7-8H2,1H3/t9-,16?,18+,20-,21+,22+,23-,24+,25+,26+,27+/m0/s1. The Hall–Kier alpha value is -3.25. The van der Waals surface area contributed by atoms with E-state index in [2.05, 4.69) is 0 Å². The summed E-state index contributed by atoms with van der Waals surface area (Å²) in [6.07, 6.45) is -16.1. The number of Topliss-reactive ketones (excluding diaryl/α,β-unsaturated/α-hetero) is 1. The lowest BCUT2D eigenvalue weighted by atomic mass is 9.95. The SMILES string of the molecule is C[C@@H]1O[C@@H](OC[C@H]2O[C@@H](Oc3cc(O)c4c(c3)OC(c3ccc(O)c(O)c3)CC4=O)[C@H](O)[C@@H](O)[C@@H]2O)[C@H](O)[C@H](O)[C@H]1O. The maximum atomic E-state index is 12.8. The summed E-state index contributed by atoms with van der Waals surface area (Å²) in [6.45, 7) is 0.949. The average molecular weight is 597 g/mol. The Labute approximate surface area is 238 Å². The zero-order valence-corrected chi connectivity index (χ0v) is 22.1. The molecule has 2 fully saturated rings. The van der Waals surface area contributed by atoms with E-state index in [1.807, 2.05) is 0 Å². The number of rotatable bonds is 6. The Morgan fingerprint density at radius 2 is 1.48 bits per heavy atom. The number of phenolic OH excluding ortho intramolecular Hbond substituents is 3. The molecule has 2 aromatic carbocycles. The Balaban J connectivity index is 1.30. The first kappa shape index (κ1) is 30.2. The van der Waals surface area contributed by atoms with E-state index in [-0.39, 0.29) is 29.2 Å². The molecule has 42 heavy (non-hydrogen) atoms. The molecular weight excluding hydrogens is 564 g/mol. The van der Waals surface area contributed by atoms with Gasteiger partial charge in [0.25, 0.3) is 0 Å². The van der Waals surface area contributed by atoms with Crippen LogP contribution in [0.4, 0.5) is 0 Å². The molecule has 0 amide bonds. The summed E-state index contributed by atoms with van der Waals surface area (Å²) in [5.74, 6) is -1.96. The molecule has 15 heteroatoms. The molecule has 15 nitrogen and oxygen atoms in total. The van der Waals surface area contributed by atoms with Gasteiger partial charge < -0.3 is 69.6 Å². The molecule has 9 N–H and O–H groups in total. The van der Waals surface area contributed by atoms with E-state index in [0.717, 1.165) is 6.07 Å². The van der Waals surface area contributed by atoms with Crippen LogP contribution in [-0.2, 0) is 14.2 Å². The Morgan fingerprint density at radius 1 is 0.786 bits per heavy atom. The predicted molar refractivity (Wildman–Crippen MR) is 136 cm³/mol. The van der Waals surface area contributed by atoms with E-state index < -0.39 is 91.4 Å². The minimum Gasteiger partial charge on any atom is -0.507 e. The molecule has 0 bridgehead atoms. The van der Waals surface area contributed by atoms with Crippen LogP contribution in [0.5, 0.6) is 28.7 Å². The van der Waals surface area contributed by atoms with Crippen molar-refractivity contribution in [2.75, 3.05) is 6.61 Å². The molecule has 0 saturated carbocycles. The summed E-state index contributed by atoms with van der Waals surface area (Å²) in [4.78, 5) is 12.8. The van der Waals surface area contributed by atoms with Crippen molar-refractivity contribution >= 4 is 5.78 Å². The fourth-order valence-electron chi connectivity index (χ4n) is 5.04. The first-order valence-electron chi connectivity index (χ1n) is 13.1. The quantitative estimate of drug-likeness (QED) is 0.173. The van der Waals surface area contributed by atoms with Gasteiger partial charge in [-0.15, -0.1) is 0 Å². The number of fused-ring (bicyclic) bond motifs is 1. The van der Waals surface area contributed by atoms with Gasteiger partial charge in [0.2, 0.25) is 6.29 Å². The lowest BCUT2D eigenvalue weighted by Crippen LogP contribution is -2.61. The summed E-state index contributed by atoms with van der Waals surface area (Å²) in [5, 5.41) is 91.3. The molecule has 3 aliphatic heterocycles. The van der Waals surface area contributed by atoms with Gasteiger partial charge in [0, 0.05) is 12.1 Å². The normalized spacial score (nSPS) is 36.6. The van der Waals surface area contributed by atoms with Crippen LogP contribution in [0.2, 0.25) is 0 Å². The Morgan fingerprint density at radius 3 is 2.19 bits per heavy atom. The van der Waals surface area contributed by atoms with Gasteiger partial charge in [-0.05, 0) is 24.6 Å². The monoisotopic (exact) mass is 596 g/mol. The predicted octanol–water partition coefficient (Wildman–Crippen LogP) is -1.46. The Kier molecular flexibility index (Phi) is 8.48. The molecule has 3 aliphatic rings. The van der Waals surface area contributed by atoms with Crippen LogP contribution in [0.25, 0.3) is 0 Å². The second kappa shape index (κ2) is 11.8. The summed E-state index contributed by atoms with van der Waals surface area (Å²) >= 11 is 0. The van der Waals surface area contributed by atoms with E-state index >= 15 is 0 Å². The molecule has 0 spiro atoms. The van der Waals surface area contributed by atoms with Crippen molar-refractivity contribution in [2.45, 2.75) is 80.9 Å². The summed E-state index contributed by atoms with van der Waals surface area (Å²) in [6, 6.07) is 6.26. The minimum atomic E-state index is -1.78. The van der Waals surface area contributed by atoms with Crippen molar-refractivity contribution in [1.29, 1.82) is 0 Å². The molecule has 0 radical (unpaired) electrons. The summed E-state index contributed by atoms with van der Waals surface area (Å²) in [7, 11) is 0. The van der Waals surface area contributed by atoms with E-state index in [4.69, 9.17) is 23.7 Å². The number of benzene rings is 2. The molecule has 2 aromatic rings. The van der Waals surface area contributed by atoms with Gasteiger partial charge in [0.05, 0.1) is 19.1 Å². The van der Waals surface area contributed by atoms with E-state index in [1.54, 1.807) is 0 Å². The maximum absolute atomic E-state index is 12.8. The largest absolute Gasteiger partial charge is 0.507 e. The molecule has 230 valence electrons. The van der Waals surface area contributed by atoms with Crippen LogP contribution >= 0.6 is 0 Å². The number of hydrogen-bond donors (Lipinski definition) is 9. The number of aliphatic hydroxyl groups is 6. The zero-order valence-electron chi connectivity index (χ0n) is 22.1. The second-order valence-electron chi connectivity index (χ2n) is 10.4. The molecule has 1 unspecified atom stereocenters. The molecule has 0 aromatic heterocycles. The average Bonchev–Trinajstić information content (AvgIpc) is 2.95. The van der Waals surface area contributed by atoms with Crippen molar-refractivity contribution in [2.24, 2.45) is 0 Å². The van der Waals surface area contributed by atoms with E-state index in [1.165, 1.54) is 31.2 Å². The fraction of sp³-hybridized carbons (Fsp3) is 0.519. The molecule has 11 atom stereocenters. The van der Waals surface area contributed by atoms with Crippen molar-refractivity contribution < 1.29 is 74.4 Å². The number of ketones is 1. The van der Waals surface area contributed by atoms with Crippen LogP contribution in [0.15, 0.2) is 30.3 Å². The minimum absolute atomic E-state index is 0.0807. The van der Waals surface area contributed by atoms with Crippen LogP contribution in [0.3, 0.4) is 0 Å². The van der Waals surface area contributed by atoms with Gasteiger partial charge in [-0.3, -0.25) is 4.79 Å². The van der Waals surface area contributed by atoms with Crippen molar-refractivity contribution in [3.8, 4) is 28.7 Å². The Bertz CT molecular complexity index is 1300. The van der Waals surface area contributed by atoms with Gasteiger partial charge in [0.15, 0.2) is 23.6 Å². The van der Waals surface area contributed by atoms with Gasteiger partial charge >= 0.3 is 0 Å². The third kappa shape index (κ3) is 5.70. The van der Waals surface area contributed by atoms with Crippen LogP contribution in [-0.4, -0.2) is 120 Å². The van der Waals surface area contributed by atoms with Crippen molar-refractivity contribution in [3.05, 3.63) is 41.5 Å². The lowest BCUT2D eigenvalue weighted by Gasteiger charge is -2.42. The van der Waals surface area contributed by atoms with Crippen LogP contribution in [0.1, 0.15) is 35.4 Å². The summed E-state index contributed by atoms with van der Waals surface area (Å²) < 4.78 is 27.9. The van der Waals surface area contributed by atoms with Gasteiger partial charge in [-0.2, -0.15) is 0 Å². The first-order chi connectivity index (χ1) is 19.8. The highest BCUT2D eigenvalue weighted by atomic mass is 16.7. The third-order valence-corrected chi connectivity index (χ3v) is 7.50. The topological polar surface area (TPSA) is 245 Å². The van der Waals surface area contributed by atoms with Crippen LogP contribution in [0, 0.1) is 0 Å². The zero-order chi connectivity index (χ0) is 30.5. The number of carbonyl (C=O) groups excluding carboxylic acids is 1. The number of ether oxygens (including phenoxy) is 5. The number of carbonyl (C=O) groups is 1. The third-order valence-electron chi connectivity index (χ3n) is 7.50. The van der Waals surface area contributed by atoms with E-state index in [0.29, 0.717) is 5.56 Å². The number of phenols is 3. The molecular formula is C27H32O15. The molecule has 2 saturated heterocycles. The highest BCUT2D eigenvalue weighted by Crippen LogP contribution is 2.43.